The van der Waals surface area contributed by atoms with Crippen molar-refractivity contribution >= 4 is 11.7 Å². The van der Waals surface area contributed by atoms with Crippen molar-refractivity contribution in [2.45, 2.75) is 32.5 Å². The second kappa shape index (κ2) is 4.97. The van der Waals surface area contributed by atoms with Crippen molar-refractivity contribution in [2.75, 3.05) is 13.2 Å². The number of hydrogen-bond donors (Lipinski definition) is 1. The Morgan fingerprint density at radius 3 is 3.06 bits per heavy atom. The third kappa shape index (κ3) is 1.96. The molecule has 1 aliphatic carbocycles. The van der Waals surface area contributed by atoms with Crippen LogP contribution in [0.3, 0.4) is 0 Å². The Labute approximate surface area is 105 Å². The molecule has 2 atom stereocenters. The van der Waals surface area contributed by atoms with Crippen LogP contribution in [0, 0.1) is 5.92 Å². The summed E-state index contributed by atoms with van der Waals surface area (Å²) in [6.07, 6.45) is 3.16. The molecule has 0 bridgehead atoms. The maximum atomic E-state index is 11.8. The molecule has 6 heteroatoms. The van der Waals surface area contributed by atoms with Gasteiger partial charge in [-0.15, -0.1) is 0 Å². The van der Waals surface area contributed by atoms with Crippen molar-refractivity contribution in [2.24, 2.45) is 11.1 Å². The topological polar surface area (TPSA) is 77.4 Å². The van der Waals surface area contributed by atoms with Crippen LogP contribution in [0.15, 0.2) is 17.0 Å². The third-order valence-electron chi connectivity index (χ3n) is 2.99. The van der Waals surface area contributed by atoms with Crippen molar-refractivity contribution in [3.05, 3.63) is 11.8 Å². The number of carbonyl (C=O) groups is 1. The summed E-state index contributed by atoms with van der Waals surface area (Å²) in [6.45, 7) is 4.21. The highest BCUT2D eigenvalue weighted by Crippen LogP contribution is 2.38. The Hall–Kier alpha value is -1.56. The molecule has 6 nitrogen and oxygen atoms in total. The summed E-state index contributed by atoms with van der Waals surface area (Å²) in [5, 5.41) is 14.1. The fraction of sp³-hybridized carbons (Fsp3) is 0.667. The standard InChI is InChI=1S/C12H17NO5/c1-3-16-9-7-5-6-8-10(9)13-18-12(8,15)11(14)17-4-2/h7-8,15H,3-6H2,1-2H3. The predicted octanol–water partition coefficient (Wildman–Crippen LogP) is 0.955. The Balaban J connectivity index is 2.19. The van der Waals surface area contributed by atoms with E-state index in [9.17, 15) is 9.90 Å². The quantitative estimate of drug-likeness (QED) is 0.757. The van der Waals surface area contributed by atoms with E-state index in [0.717, 1.165) is 0 Å². The normalized spacial score (nSPS) is 29.8. The number of aliphatic hydroxyl groups is 1. The molecule has 0 saturated carbocycles. The number of esters is 1. The molecule has 0 spiro atoms. The highest BCUT2D eigenvalue weighted by Gasteiger charge is 2.56. The molecule has 0 aromatic carbocycles. The van der Waals surface area contributed by atoms with Gasteiger partial charge in [-0.05, 0) is 32.8 Å². The van der Waals surface area contributed by atoms with Gasteiger partial charge < -0.3 is 19.4 Å². The van der Waals surface area contributed by atoms with Crippen LogP contribution in [-0.4, -0.2) is 35.8 Å². The molecular weight excluding hydrogens is 238 g/mol. The van der Waals surface area contributed by atoms with Crippen molar-refractivity contribution in [1.29, 1.82) is 0 Å². The lowest BCUT2D eigenvalue weighted by molar-refractivity contribution is -0.231. The molecule has 0 radical (unpaired) electrons. The van der Waals surface area contributed by atoms with Crippen LogP contribution in [-0.2, 0) is 19.1 Å². The summed E-state index contributed by atoms with van der Waals surface area (Å²) >= 11 is 0. The van der Waals surface area contributed by atoms with Crippen molar-refractivity contribution in [1.82, 2.24) is 0 Å². The second-order valence-electron chi connectivity index (χ2n) is 4.12. The number of carbonyl (C=O) groups excluding carboxylic acids is 1. The van der Waals surface area contributed by atoms with E-state index in [1.807, 2.05) is 13.0 Å². The van der Waals surface area contributed by atoms with Gasteiger partial charge in [0.1, 0.15) is 11.5 Å². The lowest BCUT2D eigenvalue weighted by Crippen LogP contribution is -2.48. The van der Waals surface area contributed by atoms with Crippen LogP contribution in [0.4, 0.5) is 0 Å². The number of oxime groups is 1. The minimum atomic E-state index is -2.01. The Morgan fingerprint density at radius 1 is 1.61 bits per heavy atom. The number of allylic oxidation sites excluding steroid dienone is 2. The maximum Gasteiger partial charge on any atom is 0.382 e. The van der Waals surface area contributed by atoms with Crippen molar-refractivity contribution in [3.63, 3.8) is 0 Å². The van der Waals surface area contributed by atoms with Crippen LogP contribution >= 0.6 is 0 Å². The first kappa shape index (κ1) is 12.9. The number of ether oxygens (including phenoxy) is 2. The number of hydrogen-bond acceptors (Lipinski definition) is 6. The zero-order chi connectivity index (χ0) is 13.2. The summed E-state index contributed by atoms with van der Waals surface area (Å²) in [5.74, 6) is -2.76. The first-order valence-corrected chi connectivity index (χ1v) is 6.12. The van der Waals surface area contributed by atoms with Crippen molar-refractivity contribution < 1.29 is 24.2 Å². The first-order valence-electron chi connectivity index (χ1n) is 6.12. The summed E-state index contributed by atoms with van der Waals surface area (Å²) in [7, 11) is 0. The minimum Gasteiger partial charge on any atom is -0.492 e. The van der Waals surface area contributed by atoms with Gasteiger partial charge in [0.15, 0.2) is 0 Å². The van der Waals surface area contributed by atoms with Gasteiger partial charge in [-0.3, -0.25) is 0 Å². The Bertz CT molecular complexity index is 403. The van der Waals surface area contributed by atoms with E-state index in [2.05, 4.69) is 5.16 Å². The number of rotatable bonds is 4. The highest BCUT2D eigenvalue weighted by molar-refractivity contribution is 6.05. The molecular formula is C12H17NO5. The molecule has 0 saturated heterocycles. The van der Waals surface area contributed by atoms with Crippen LogP contribution in [0.5, 0.6) is 0 Å². The lowest BCUT2D eigenvalue weighted by Gasteiger charge is -2.27. The molecule has 2 aliphatic rings. The van der Waals surface area contributed by atoms with Gasteiger partial charge in [-0.1, -0.05) is 5.16 Å². The molecule has 0 aromatic rings. The zero-order valence-electron chi connectivity index (χ0n) is 10.5. The van der Waals surface area contributed by atoms with E-state index in [1.54, 1.807) is 6.92 Å². The largest absolute Gasteiger partial charge is 0.492 e. The van der Waals surface area contributed by atoms with Gasteiger partial charge in [0.2, 0.25) is 0 Å². The summed E-state index contributed by atoms with van der Waals surface area (Å²) in [6, 6.07) is 0. The van der Waals surface area contributed by atoms with Gasteiger partial charge in [-0.2, -0.15) is 0 Å². The molecule has 1 aliphatic heterocycles. The van der Waals surface area contributed by atoms with E-state index >= 15 is 0 Å². The van der Waals surface area contributed by atoms with Crippen LogP contribution in [0.2, 0.25) is 0 Å². The van der Waals surface area contributed by atoms with Crippen LogP contribution in [0.1, 0.15) is 26.7 Å². The van der Waals surface area contributed by atoms with Crippen LogP contribution < -0.4 is 0 Å². The predicted molar refractivity (Wildman–Crippen MR) is 62.5 cm³/mol. The molecule has 2 unspecified atom stereocenters. The molecule has 2 rings (SSSR count). The number of nitrogens with zero attached hydrogens (tertiary/aromatic N) is 1. The van der Waals surface area contributed by atoms with Crippen molar-refractivity contribution in [3.8, 4) is 0 Å². The molecule has 0 aromatic heterocycles. The van der Waals surface area contributed by atoms with Gasteiger partial charge in [-0.25, -0.2) is 4.79 Å². The van der Waals surface area contributed by atoms with Gasteiger partial charge in [0.25, 0.3) is 0 Å². The van der Waals surface area contributed by atoms with Crippen LogP contribution in [0.25, 0.3) is 0 Å². The first-order chi connectivity index (χ1) is 8.63. The molecule has 0 amide bonds. The summed E-state index contributed by atoms with van der Waals surface area (Å²) in [4.78, 5) is 16.7. The molecule has 1 N–H and O–H groups in total. The monoisotopic (exact) mass is 255 g/mol. The average molecular weight is 255 g/mol. The number of fused-ring (bicyclic) bond motifs is 1. The van der Waals surface area contributed by atoms with E-state index < -0.39 is 17.7 Å². The molecule has 1 heterocycles. The van der Waals surface area contributed by atoms with Gasteiger partial charge in [0, 0.05) is 0 Å². The highest BCUT2D eigenvalue weighted by atomic mass is 16.8. The van der Waals surface area contributed by atoms with E-state index in [1.165, 1.54) is 0 Å². The third-order valence-corrected chi connectivity index (χ3v) is 2.99. The fourth-order valence-corrected chi connectivity index (χ4v) is 2.17. The van der Waals surface area contributed by atoms with E-state index in [0.29, 0.717) is 30.9 Å². The zero-order valence-corrected chi connectivity index (χ0v) is 10.5. The average Bonchev–Trinajstić information content (AvgIpc) is 2.71. The summed E-state index contributed by atoms with van der Waals surface area (Å²) < 4.78 is 10.2. The molecule has 0 fully saturated rings. The summed E-state index contributed by atoms with van der Waals surface area (Å²) in [5.41, 5.74) is 0.485. The van der Waals surface area contributed by atoms with Gasteiger partial charge >= 0.3 is 11.8 Å². The Morgan fingerprint density at radius 2 is 2.39 bits per heavy atom. The second-order valence-corrected chi connectivity index (χ2v) is 4.12. The maximum absolute atomic E-state index is 11.8. The molecule has 100 valence electrons. The SMILES string of the molecule is CCOC(=O)C1(O)ON=C2C(OCC)=CCCC21. The van der Waals surface area contributed by atoms with E-state index in [-0.39, 0.29) is 6.61 Å². The van der Waals surface area contributed by atoms with Gasteiger partial charge in [0.05, 0.1) is 19.1 Å². The smallest absolute Gasteiger partial charge is 0.382 e. The Kier molecular flexibility index (Phi) is 3.56. The van der Waals surface area contributed by atoms with E-state index in [4.69, 9.17) is 14.3 Å². The fourth-order valence-electron chi connectivity index (χ4n) is 2.17. The lowest BCUT2D eigenvalue weighted by atomic mass is 9.84. The minimum absolute atomic E-state index is 0.181. The molecule has 18 heavy (non-hydrogen) atoms.